The Labute approximate surface area is 89.4 Å². The van der Waals surface area contributed by atoms with E-state index in [2.05, 4.69) is 10.5 Å². The largest absolute Gasteiger partial charge is 0.275 e. The Hall–Kier alpha value is -0.680. The van der Waals surface area contributed by atoms with Crippen LogP contribution in [-0.4, -0.2) is 41.8 Å². The molecule has 2 heterocycles. The standard InChI is InChI=1S/C8H17N5OP/c1-6-5-7-10-12(2)8(9)13(7,11-6)15(3,4)14/h5,8,10H,9H2,1-4H3/q+1. The highest BCUT2D eigenvalue weighted by Gasteiger charge is 2.59. The van der Waals surface area contributed by atoms with E-state index in [1.165, 1.54) is 0 Å². The predicted molar refractivity (Wildman–Crippen MR) is 59.8 cm³/mol. The van der Waals surface area contributed by atoms with E-state index in [-0.39, 0.29) is 4.36 Å². The number of hydrogen-bond donors (Lipinski definition) is 2. The summed E-state index contributed by atoms with van der Waals surface area (Å²) in [4.78, 5) is 0. The number of allylic oxidation sites excluding steroid dienone is 1. The maximum atomic E-state index is 12.4. The van der Waals surface area contributed by atoms with Gasteiger partial charge in [0.15, 0.2) is 0 Å². The van der Waals surface area contributed by atoms with Crippen LogP contribution in [0.25, 0.3) is 0 Å². The van der Waals surface area contributed by atoms with Crippen molar-refractivity contribution in [3.8, 4) is 0 Å². The van der Waals surface area contributed by atoms with Gasteiger partial charge in [-0.15, -0.1) is 0 Å². The summed E-state index contributed by atoms with van der Waals surface area (Å²) in [7, 11) is -0.693. The molecule has 0 aromatic carbocycles. The van der Waals surface area contributed by atoms with Gasteiger partial charge in [0.25, 0.3) is 19.4 Å². The first-order valence-electron chi connectivity index (χ1n) is 4.77. The van der Waals surface area contributed by atoms with Crippen LogP contribution < -0.4 is 11.2 Å². The Morgan fingerprint density at radius 1 is 1.67 bits per heavy atom. The molecule has 0 spiro atoms. The second kappa shape index (κ2) is 2.92. The molecular formula is C8H17N5OP+. The van der Waals surface area contributed by atoms with Crippen LogP contribution in [0, 0.1) is 0 Å². The number of hydrazine groups is 1. The summed E-state index contributed by atoms with van der Waals surface area (Å²) in [6, 6.07) is 0. The van der Waals surface area contributed by atoms with Gasteiger partial charge in [-0.2, -0.15) is 5.01 Å². The zero-order valence-electron chi connectivity index (χ0n) is 9.43. The van der Waals surface area contributed by atoms with E-state index in [1.807, 2.05) is 20.0 Å². The van der Waals surface area contributed by atoms with Gasteiger partial charge in [0.2, 0.25) is 0 Å². The molecular weight excluding hydrogens is 213 g/mol. The number of fused-ring (bicyclic) bond motifs is 1. The molecule has 1 fully saturated rings. The molecule has 0 aromatic rings. The Morgan fingerprint density at radius 2 is 2.27 bits per heavy atom. The Bertz CT molecular complexity index is 411. The first-order valence-corrected chi connectivity index (χ1v) is 7.33. The number of nitrogens with one attached hydrogen (secondary N) is 1. The Kier molecular flexibility index (Phi) is 2.11. The van der Waals surface area contributed by atoms with Crippen molar-refractivity contribution in [3.63, 3.8) is 0 Å². The summed E-state index contributed by atoms with van der Waals surface area (Å²) in [5.74, 6) is 0.802. The summed E-state index contributed by atoms with van der Waals surface area (Å²) in [6.07, 6.45) is 1.46. The van der Waals surface area contributed by atoms with Gasteiger partial charge in [0, 0.05) is 26.5 Å². The van der Waals surface area contributed by atoms with Crippen molar-refractivity contribution < 1.29 is 8.93 Å². The third kappa shape index (κ3) is 1.23. The Morgan fingerprint density at radius 3 is 2.73 bits per heavy atom. The lowest BCUT2D eigenvalue weighted by Gasteiger charge is -2.31. The van der Waals surface area contributed by atoms with Crippen LogP contribution in [0.5, 0.6) is 0 Å². The van der Waals surface area contributed by atoms with Crippen LogP contribution in [0.2, 0.25) is 0 Å². The minimum absolute atomic E-state index is 0.00463. The molecule has 1 saturated heterocycles. The van der Waals surface area contributed by atoms with Gasteiger partial charge in [-0.1, -0.05) is 9.46 Å². The van der Waals surface area contributed by atoms with Crippen molar-refractivity contribution in [1.82, 2.24) is 10.4 Å². The monoisotopic (exact) mass is 230 g/mol. The number of hydrogen-bond acceptors (Lipinski definition) is 5. The summed E-state index contributed by atoms with van der Waals surface area (Å²) >= 11 is 0. The van der Waals surface area contributed by atoms with Crippen molar-refractivity contribution in [2.24, 2.45) is 10.8 Å². The zero-order valence-corrected chi connectivity index (χ0v) is 10.3. The first kappa shape index (κ1) is 10.8. The van der Waals surface area contributed by atoms with E-state index in [4.69, 9.17) is 5.73 Å². The normalized spacial score (nSPS) is 35.9. The molecule has 84 valence electrons. The Balaban J connectivity index is 2.60. The molecule has 2 unspecified atom stereocenters. The third-order valence-electron chi connectivity index (χ3n) is 2.80. The lowest BCUT2D eigenvalue weighted by atomic mass is 10.4. The van der Waals surface area contributed by atoms with Crippen LogP contribution in [0.15, 0.2) is 17.0 Å². The van der Waals surface area contributed by atoms with Crippen molar-refractivity contribution in [3.05, 3.63) is 11.9 Å². The lowest BCUT2D eigenvalue weighted by molar-refractivity contribution is -0.802. The number of nitrogens with zero attached hydrogens (tertiary/aromatic N) is 3. The van der Waals surface area contributed by atoms with E-state index in [9.17, 15) is 4.57 Å². The van der Waals surface area contributed by atoms with Gasteiger partial charge in [-0.25, -0.2) is 0 Å². The molecule has 2 atom stereocenters. The van der Waals surface area contributed by atoms with Gasteiger partial charge in [-0.3, -0.25) is 15.7 Å². The summed E-state index contributed by atoms with van der Waals surface area (Å²) < 4.78 is 12.4. The van der Waals surface area contributed by atoms with Crippen molar-refractivity contribution in [1.29, 1.82) is 0 Å². The SMILES string of the molecule is CC1=N[N+]2(P(C)(C)=O)C(=C1)NN(C)C2N. The van der Waals surface area contributed by atoms with Gasteiger partial charge in [-0.05, 0) is 6.92 Å². The average molecular weight is 230 g/mol. The summed E-state index contributed by atoms with van der Waals surface area (Å²) in [5, 5.41) is 6.19. The maximum Gasteiger partial charge on any atom is 0.275 e. The van der Waals surface area contributed by atoms with Gasteiger partial charge >= 0.3 is 0 Å². The molecule has 2 aliphatic rings. The van der Waals surface area contributed by atoms with Gasteiger partial charge in [0.1, 0.15) is 5.71 Å². The maximum absolute atomic E-state index is 12.4. The van der Waals surface area contributed by atoms with Crippen LogP contribution in [-0.2, 0) is 4.57 Å². The third-order valence-corrected chi connectivity index (χ3v) is 4.81. The zero-order chi connectivity index (χ0) is 11.4. The van der Waals surface area contributed by atoms with Crippen molar-refractivity contribution >= 4 is 13.0 Å². The van der Waals surface area contributed by atoms with Crippen molar-refractivity contribution in [2.45, 2.75) is 13.2 Å². The highest BCUT2D eigenvalue weighted by Crippen LogP contribution is 2.57. The fourth-order valence-electron chi connectivity index (χ4n) is 2.06. The molecule has 0 aliphatic carbocycles. The highest BCUT2D eigenvalue weighted by atomic mass is 31.2. The fraction of sp³-hybridized carbons (Fsp3) is 0.625. The molecule has 0 radical (unpaired) electrons. The quantitative estimate of drug-likeness (QED) is 0.634. The smallest absolute Gasteiger partial charge is 0.265 e. The van der Waals surface area contributed by atoms with Crippen LogP contribution in [0.3, 0.4) is 0 Å². The molecule has 0 saturated carbocycles. The van der Waals surface area contributed by atoms with Crippen molar-refractivity contribution in [2.75, 3.05) is 20.4 Å². The van der Waals surface area contributed by atoms with E-state index in [0.717, 1.165) is 11.5 Å². The topological polar surface area (TPSA) is 70.7 Å². The van der Waals surface area contributed by atoms with E-state index in [0.29, 0.717) is 0 Å². The second-order valence-corrected chi connectivity index (χ2v) is 7.55. The molecule has 6 nitrogen and oxygen atoms in total. The molecule has 15 heavy (non-hydrogen) atoms. The van der Waals surface area contributed by atoms with Gasteiger partial charge in [0.05, 0.1) is 0 Å². The molecule has 2 aliphatic heterocycles. The highest BCUT2D eigenvalue weighted by molar-refractivity contribution is 7.56. The van der Waals surface area contributed by atoms with Crippen LogP contribution in [0.1, 0.15) is 6.92 Å². The van der Waals surface area contributed by atoms with Gasteiger partial charge < -0.3 is 0 Å². The fourth-order valence-corrected chi connectivity index (χ4v) is 3.77. The average Bonchev–Trinajstić information content (AvgIpc) is 2.49. The molecule has 2 rings (SSSR count). The first-order chi connectivity index (χ1) is 6.79. The molecule has 0 aromatic heterocycles. The van der Waals surface area contributed by atoms with E-state index in [1.54, 1.807) is 18.3 Å². The van der Waals surface area contributed by atoms with Crippen LogP contribution >= 0.6 is 7.29 Å². The summed E-state index contributed by atoms with van der Waals surface area (Å²) in [5.41, 5.74) is 10.0. The number of rotatable bonds is 1. The number of quaternary nitrogens is 1. The minimum atomic E-state index is -2.52. The second-order valence-electron chi connectivity index (χ2n) is 4.35. The minimum Gasteiger partial charge on any atom is -0.265 e. The van der Waals surface area contributed by atoms with E-state index >= 15 is 0 Å². The summed E-state index contributed by atoms with van der Waals surface area (Å²) in [6.45, 7) is 5.31. The molecule has 3 N–H and O–H groups in total. The number of nitrogens with two attached hydrogens (primary N) is 1. The predicted octanol–water partition coefficient (Wildman–Crippen LogP) is 0.264. The molecule has 0 amide bonds. The van der Waals surface area contributed by atoms with E-state index < -0.39 is 13.6 Å². The molecule has 0 bridgehead atoms. The van der Waals surface area contributed by atoms with Crippen LogP contribution in [0.4, 0.5) is 0 Å². The molecule has 7 heteroatoms. The lowest BCUT2D eigenvalue weighted by Crippen LogP contribution is -2.52.